The van der Waals surface area contributed by atoms with E-state index in [1.54, 1.807) is 11.3 Å². The first-order valence-corrected chi connectivity index (χ1v) is 9.08. The van der Waals surface area contributed by atoms with Crippen LogP contribution < -0.4 is 10.6 Å². The third kappa shape index (κ3) is 2.77. The SMILES string of the molecule is Cc1sc2c(c1C)C(c1ccc(Cl)cc1)=NC(C)C(=N)N2C(C)N. The lowest BCUT2D eigenvalue weighted by molar-refractivity contribution is 0.750. The normalized spacial score (nSPS) is 18.9. The Bertz CT molecular complexity index is 820. The summed E-state index contributed by atoms with van der Waals surface area (Å²) in [7, 11) is 0. The summed E-state index contributed by atoms with van der Waals surface area (Å²) in [4.78, 5) is 7.98. The minimum absolute atomic E-state index is 0.263. The molecule has 0 amide bonds. The third-order valence-corrected chi connectivity index (χ3v) is 5.78. The van der Waals surface area contributed by atoms with Crippen LogP contribution in [0.2, 0.25) is 5.02 Å². The Kier molecular flexibility index (Phi) is 4.51. The minimum atomic E-state index is -0.282. The smallest absolute Gasteiger partial charge is 0.127 e. The largest absolute Gasteiger partial charge is 0.311 e. The average molecular weight is 361 g/mol. The number of hydrogen-bond donors (Lipinski definition) is 2. The van der Waals surface area contributed by atoms with Crippen LogP contribution in [-0.4, -0.2) is 23.8 Å². The molecule has 2 unspecified atom stereocenters. The topological polar surface area (TPSA) is 65.5 Å². The highest BCUT2D eigenvalue weighted by Crippen LogP contribution is 2.40. The van der Waals surface area contributed by atoms with Gasteiger partial charge < -0.3 is 10.6 Å². The predicted octanol–water partition coefficient (Wildman–Crippen LogP) is 4.35. The first kappa shape index (κ1) is 17.1. The lowest BCUT2D eigenvalue weighted by Crippen LogP contribution is -2.46. The number of amidine groups is 1. The molecule has 24 heavy (non-hydrogen) atoms. The summed E-state index contributed by atoms with van der Waals surface area (Å²) in [5.41, 5.74) is 10.4. The molecule has 0 saturated carbocycles. The molecule has 0 bridgehead atoms. The van der Waals surface area contributed by atoms with Gasteiger partial charge in [-0.15, -0.1) is 11.3 Å². The van der Waals surface area contributed by atoms with E-state index in [0.717, 1.165) is 21.8 Å². The Hall–Kier alpha value is -1.69. The Morgan fingerprint density at radius 1 is 1.29 bits per heavy atom. The Morgan fingerprint density at radius 3 is 2.50 bits per heavy atom. The quantitative estimate of drug-likeness (QED) is 0.836. The molecule has 0 spiro atoms. The van der Waals surface area contributed by atoms with Crippen molar-refractivity contribution in [3.8, 4) is 0 Å². The molecule has 2 heterocycles. The zero-order chi connectivity index (χ0) is 17.6. The number of aryl methyl sites for hydroxylation is 1. The van der Waals surface area contributed by atoms with Gasteiger partial charge in [0.2, 0.25) is 0 Å². The molecule has 0 aliphatic carbocycles. The standard InChI is InChI=1S/C18H21ClN4S/c1-9-11(3)24-18-15(9)16(13-5-7-14(19)8-6-13)22-10(2)17(21)23(18)12(4)20/h5-8,10,12,21H,20H2,1-4H3. The highest BCUT2D eigenvalue weighted by atomic mass is 35.5. The fourth-order valence-electron chi connectivity index (χ4n) is 2.92. The molecule has 1 aliphatic rings. The van der Waals surface area contributed by atoms with Crippen LogP contribution in [0.3, 0.4) is 0 Å². The van der Waals surface area contributed by atoms with E-state index in [1.165, 1.54) is 10.4 Å². The molecule has 2 atom stereocenters. The Balaban J connectivity index is 2.29. The lowest BCUT2D eigenvalue weighted by Gasteiger charge is -2.28. The first-order valence-electron chi connectivity index (χ1n) is 7.88. The van der Waals surface area contributed by atoms with E-state index >= 15 is 0 Å². The number of fused-ring (bicyclic) bond motifs is 1. The maximum absolute atomic E-state index is 8.54. The summed E-state index contributed by atoms with van der Waals surface area (Å²) >= 11 is 7.71. The van der Waals surface area contributed by atoms with Gasteiger partial charge in [-0.05, 0) is 45.4 Å². The van der Waals surface area contributed by atoms with Crippen molar-refractivity contribution in [2.24, 2.45) is 10.7 Å². The van der Waals surface area contributed by atoms with Crippen LogP contribution in [0.15, 0.2) is 29.3 Å². The van der Waals surface area contributed by atoms with Gasteiger partial charge in [-0.25, -0.2) is 0 Å². The van der Waals surface area contributed by atoms with Crippen LogP contribution in [0.5, 0.6) is 0 Å². The third-order valence-electron chi connectivity index (χ3n) is 4.33. The summed E-state index contributed by atoms with van der Waals surface area (Å²) in [5, 5.41) is 10.2. The van der Waals surface area contributed by atoms with Gasteiger partial charge in [0.15, 0.2) is 0 Å². The second-order valence-corrected chi connectivity index (χ2v) is 7.76. The van der Waals surface area contributed by atoms with Crippen LogP contribution in [0.4, 0.5) is 5.00 Å². The predicted molar refractivity (Wildman–Crippen MR) is 104 cm³/mol. The van der Waals surface area contributed by atoms with Gasteiger partial charge in [0.05, 0.1) is 11.9 Å². The molecular weight excluding hydrogens is 340 g/mol. The number of aliphatic imine (C=N–C) groups is 1. The molecule has 0 fully saturated rings. The minimum Gasteiger partial charge on any atom is -0.311 e. The van der Waals surface area contributed by atoms with Crippen molar-refractivity contribution in [2.75, 3.05) is 4.90 Å². The first-order chi connectivity index (χ1) is 11.3. The van der Waals surface area contributed by atoms with Crippen molar-refractivity contribution in [3.63, 3.8) is 0 Å². The van der Waals surface area contributed by atoms with Gasteiger partial charge in [0, 0.05) is 21.0 Å². The van der Waals surface area contributed by atoms with Crippen molar-refractivity contribution in [3.05, 3.63) is 50.9 Å². The van der Waals surface area contributed by atoms with E-state index < -0.39 is 0 Å². The summed E-state index contributed by atoms with van der Waals surface area (Å²) < 4.78 is 0. The Morgan fingerprint density at radius 2 is 1.92 bits per heavy atom. The number of rotatable bonds is 2. The molecule has 3 N–H and O–H groups in total. The van der Waals surface area contributed by atoms with Crippen LogP contribution in [0, 0.1) is 19.3 Å². The van der Waals surface area contributed by atoms with E-state index in [-0.39, 0.29) is 12.2 Å². The number of nitrogens with one attached hydrogen (secondary N) is 1. The molecule has 1 aromatic carbocycles. The van der Waals surface area contributed by atoms with Crippen LogP contribution in [0.25, 0.3) is 0 Å². The zero-order valence-corrected chi connectivity index (χ0v) is 15.8. The number of nitrogens with two attached hydrogens (primary N) is 1. The van der Waals surface area contributed by atoms with Crippen molar-refractivity contribution < 1.29 is 0 Å². The molecular formula is C18H21ClN4S. The number of anilines is 1. The van der Waals surface area contributed by atoms with Crippen molar-refractivity contribution in [1.29, 1.82) is 5.41 Å². The monoisotopic (exact) mass is 360 g/mol. The molecule has 3 rings (SSSR count). The van der Waals surface area contributed by atoms with E-state index in [4.69, 9.17) is 27.7 Å². The van der Waals surface area contributed by atoms with Gasteiger partial charge in [-0.3, -0.25) is 10.4 Å². The zero-order valence-electron chi connectivity index (χ0n) is 14.2. The van der Waals surface area contributed by atoms with Crippen molar-refractivity contribution >= 4 is 39.5 Å². The van der Waals surface area contributed by atoms with E-state index in [9.17, 15) is 0 Å². The number of hydrogen-bond acceptors (Lipinski definition) is 4. The van der Waals surface area contributed by atoms with Gasteiger partial charge in [-0.2, -0.15) is 0 Å². The number of thiophene rings is 1. The number of nitrogens with zero attached hydrogens (tertiary/aromatic N) is 2. The fraction of sp³-hybridized carbons (Fsp3) is 0.333. The lowest BCUT2D eigenvalue weighted by atomic mass is 10.00. The second kappa shape index (κ2) is 6.31. The van der Waals surface area contributed by atoms with E-state index in [1.807, 2.05) is 43.0 Å². The molecule has 0 saturated heterocycles. The molecule has 6 heteroatoms. The van der Waals surface area contributed by atoms with E-state index in [0.29, 0.717) is 10.9 Å². The van der Waals surface area contributed by atoms with Gasteiger partial charge in [0.1, 0.15) is 16.9 Å². The Labute approximate surface area is 151 Å². The van der Waals surface area contributed by atoms with Crippen LogP contribution in [0.1, 0.15) is 35.4 Å². The molecule has 0 radical (unpaired) electrons. The summed E-state index contributed by atoms with van der Waals surface area (Å²) in [6.45, 7) is 8.05. The molecule has 2 aromatic rings. The number of halogens is 1. The van der Waals surface area contributed by atoms with Gasteiger partial charge >= 0.3 is 0 Å². The van der Waals surface area contributed by atoms with Crippen LogP contribution >= 0.6 is 22.9 Å². The van der Waals surface area contributed by atoms with Crippen LogP contribution in [-0.2, 0) is 0 Å². The maximum atomic E-state index is 8.54. The average Bonchev–Trinajstić information content (AvgIpc) is 2.74. The molecule has 126 valence electrons. The van der Waals surface area contributed by atoms with Gasteiger partial charge in [0.25, 0.3) is 0 Å². The molecule has 1 aliphatic heterocycles. The van der Waals surface area contributed by atoms with Crippen molar-refractivity contribution in [2.45, 2.75) is 39.9 Å². The summed E-state index contributed by atoms with van der Waals surface area (Å²) in [6, 6.07) is 7.45. The fourth-order valence-corrected chi connectivity index (χ4v) is 4.30. The maximum Gasteiger partial charge on any atom is 0.127 e. The summed E-state index contributed by atoms with van der Waals surface area (Å²) in [5.74, 6) is 0.427. The highest BCUT2D eigenvalue weighted by molar-refractivity contribution is 7.17. The van der Waals surface area contributed by atoms with Gasteiger partial charge in [-0.1, -0.05) is 23.7 Å². The van der Waals surface area contributed by atoms with E-state index in [2.05, 4.69) is 13.8 Å². The summed E-state index contributed by atoms with van der Waals surface area (Å²) in [6.07, 6.45) is -0.282. The second-order valence-electron chi connectivity index (χ2n) is 6.12. The highest BCUT2D eigenvalue weighted by Gasteiger charge is 2.32. The number of benzene rings is 1. The molecule has 4 nitrogen and oxygen atoms in total. The van der Waals surface area contributed by atoms with Crippen molar-refractivity contribution in [1.82, 2.24) is 0 Å². The molecule has 1 aromatic heterocycles.